The van der Waals surface area contributed by atoms with Gasteiger partial charge in [-0.25, -0.2) is 0 Å². The van der Waals surface area contributed by atoms with Gasteiger partial charge in [-0.3, -0.25) is 9.78 Å². The number of aliphatic hydroxyl groups is 1. The largest absolute Gasteiger partial charge is 0.512 e. The minimum Gasteiger partial charge on any atom is -0.512 e. The summed E-state index contributed by atoms with van der Waals surface area (Å²) < 4.78 is 2.70. The number of pyridine rings is 1. The summed E-state index contributed by atoms with van der Waals surface area (Å²) in [6, 6.07) is 23.7. The maximum atomic E-state index is 12.2. The number of hydrogen-bond donors (Lipinski definition) is 1. The van der Waals surface area contributed by atoms with Crippen molar-refractivity contribution in [3.63, 3.8) is 0 Å². The number of carbonyl (C=O) groups is 1. The van der Waals surface area contributed by atoms with E-state index in [4.69, 9.17) is 4.98 Å². The number of thiophene rings is 2. The van der Waals surface area contributed by atoms with Crippen LogP contribution in [0.1, 0.15) is 123 Å². The van der Waals surface area contributed by atoms with E-state index < -0.39 is 0 Å². The predicted octanol–water partition coefficient (Wildman–Crippen LogP) is 15.6. The number of nitrogens with zero attached hydrogens (tertiary/aromatic N) is 1. The van der Waals surface area contributed by atoms with Crippen LogP contribution in [-0.4, -0.2) is 15.9 Å². The van der Waals surface area contributed by atoms with E-state index in [1.54, 1.807) is 0 Å². The Morgan fingerprint density at radius 3 is 2.09 bits per heavy atom. The first-order valence-corrected chi connectivity index (χ1v) is 21.9. The van der Waals surface area contributed by atoms with Crippen LogP contribution < -0.4 is 0 Å². The molecule has 1 radical (unpaired) electrons. The van der Waals surface area contributed by atoms with Crippen LogP contribution in [0.3, 0.4) is 0 Å². The monoisotopic (exact) mass is 965 g/mol. The Morgan fingerprint density at radius 1 is 0.857 bits per heavy atom. The van der Waals surface area contributed by atoms with Crippen LogP contribution >= 0.6 is 22.7 Å². The molecule has 0 aliphatic rings. The van der Waals surface area contributed by atoms with Crippen LogP contribution in [0, 0.1) is 36.7 Å². The van der Waals surface area contributed by atoms with Gasteiger partial charge in [0.1, 0.15) is 5.76 Å². The van der Waals surface area contributed by atoms with Crippen LogP contribution in [0.15, 0.2) is 72.6 Å². The van der Waals surface area contributed by atoms with Crippen molar-refractivity contribution < 1.29 is 30.0 Å². The summed E-state index contributed by atoms with van der Waals surface area (Å²) in [5, 5.41) is 15.2. The molecule has 0 aliphatic heterocycles. The molecule has 1 N–H and O–H groups in total. The molecule has 6 heteroatoms. The number of carbonyl (C=O) groups excluding carboxylic acids is 1. The molecule has 0 amide bonds. The molecule has 0 fully saturated rings. The van der Waals surface area contributed by atoms with Gasteiger partial charge in [-0.15, -0.1) is 51.8 Å². The van der Waals surface area contributed by atoms with Gasteiger partial charge in [0.25, 0.3) is 0 Å². The van der Waals surface area contributed by atoms with Crippen molar-refractivity contribution in [3.8, 4) is 21.7 Å². The van der Waals surface area contributed by atoms with Gasteiger partial charge in [-0.2, -0.15) is 0 Å². The number of ketones is 1. The van der Waals surface area contributed by atoms with E-state index in [2.05, 4.69) is 109 Å². The van der Waals surface area contributed by atoms with Crippen molar-refractivity contribution in [2.24, 2.45) is 16.7 Å². The molecule has 0 spiro atoms. The van der Waals surface area contributed by atoms with E-state index in [0.717, 1.165) is 48.7 Å². The Bertz CT molecular complexity index is 2340. The van der Waals surface area contributed by atoms with Crippen LogP contribution in [0.25, 0.3) is 52.6 Å². The van der Waals surface area contributed by atoms with Crippen molar-refractivity contribution in [2.45, 2.75) is 128 Å². The maximum absolute atomic E-state index is 12.2. The number of fused-ring (bicyclic) bond motifs is 3. The first-order valence-electron chi connectivity index (χ1n) is 20.2. The van der Waals surface area contributed by atoms with Gasteiger partial charge in [0, 0.05) is 73.6 Å². The fraction of sp³-hybridized carbons (Fsp3) is 0.440. The number of hydrogen-bond acceptors (Lipinski definition) is 5. The Labute approximate surface area is 358 Å². The second-order valence-electron chi connectivity index (χ2n) is 17.3. The minimum atomic E-state index is -0.337. The van der Waals surface area contributed by atoms with Gasteiger partial charge in [0.05, 0.1) is 0 Å². The summed E-state index contributed by atoms with van der Waals surface area (Å²) in [6.07, 6.45) is 7.85. The minimum absolute atomic E-state index is 0. The van der Waals surface area contributed by atoms with E-state index in [9.17, 15) is 9.90 Å². The molecule has 301 valence electrons. The fourth-order valence-corrected chi connectivity index (χ4v) is 9.95. The van der Waals surface area contributed by atoms with Crippen molar-refractivity contribution in [1.29, 1.82) is 0 Å². The molecule has 3 nitrogen and oxygen atoms in total. The van der Waals surface area contributed by atoms with Crippen molar-refractivity contribution >= 4 is 59.4 Å². The first kappa shape index (κ1) is 45.6. The van der Waals surface area contributed by atoms with E-state index in [0.29, 0.717) is 5.92 Å². The molecule has 0 saturated carbocycles. The molecule has 6 aromatic rings. The zero-order valence-corrected chi connectivity index (χ0v) is 39.9. The molecule has 3 aromatic carbocycles. The second kappa shape index (κ2) is 18.2. The quantitative estimate of drug-likeness (QED) is 0.0800. The van der Waals surface area contributed by atoms with E-state index >= 15 is 0 Å². The van der Waals surface area contributed by atoms with Gasteiger partial charge >= 0.3 is 0 Å². The summed E-state index contributed by atoms with van der Waals surface area (Å²) in [6.45, 7) is 28.1. The van der Waals surface area contributed by atoms with Crippen molar-refractivity contribution in [1.82, 2.24) is 4.98 Å². The molecule has 3 heterocycles. The normalized spacial score (nSPS) is 12.6. The van der Waals surface area contributed by atoms with Gasteiger partial charge in [0.2, 0.25) is 0 Å². The molecule has 3 aromatic heterocycles. The third kappa shape index (κ3) is 9.10. The Kier molecular flexibility index (Phi) is 14.8. The number of rotatable bonds is 11. The topological polar surface area (TPSA) is 50.2 Å². The summed E-state index contributed by atoms with van der Waals surface area (Å²) in [4.78, 5) is 19.9. The third-order valence-corrected chi connectivity index (χ3v) is 14.6. The molecule has 0 bridgehead atoms. The van der Waals surface area contributed by atoms with Gasteiger partial charge in [-0.1, -0.05) is 124 Å². The number of aliphatic hydroxyl groups excluding tert-OH is 1. The summed E-state index contributed by atoms with van der Waals surface area (Å²) in [7, 11) is 0. The molecule has 0 atom stereocenters. The Morgan fingerprint density at radius 2 is 1.48 bits per heavy atom. The summed E-state index contributed by atoms with van der Waals surface area (Å²) in [5.41, 5.74) is 7.06. The van der Waals surface area contributed by atoms with Gasteiger partial charge < -0.3 is 5.11 Å². The first-order chi connectivity index (χ1) is 25.9. The summed E-state index contributed by atoms with van der Waals surface area (Å²) in [5.74, 6) is 0.930. The van der Waals surface area contributed by atoms with Crippen LogP contribution in [0.2, 0.25) is 0 Å². The van der Waals surface area contributed by atoms with E-state index in [1.165, 1.54) is 63.6 Å². The zero-order chi connectivity index (χ0) is 40.5. The average molecular weight is 965 g/mol. The van der Waals surface area contributed by atoms with E-state index in [-0.39, 0.29) is 47.9 Å². The Balaban J connectivity index is 0.000000330. The SMILES string of the molecule is CCC(C)(CC)C(=O)/C=C(\O)C(C)(CC)CC.Cc1sc2c(-c3sc4ccnc(-c5[c-]c6ccccc6c(C(C)(C)C)c5)c4c3C)cccc2c1CC(C)C.[Ir]. The molecule has 0 saturated heterocycles. The van der Waals surface area contributed by atoms with Crippen molar-refractivity contribution in [2.75, 3.05) is 0 Å². The molecular formula is C50H62IrNO2S2-. The second-order valence-corrected chi connectivity index (χ2v) is 19.6. The molecule has 56 heavy (non-hydrogen) atoms. The fourth-order valence-electron chi connectivity index (χ4n) is 7.44. The molecular weight excluding hydrogens is 903 g/mol. The Hall–Kier alpha value is -3.15. The smallest absolute Gasteiger partial charge is 0.164 e. The maximum Gasteiger partial charge on any atom is 0.164 e. The predicted molar refractivity (Wildman–Crippen MR) is 242 cm³/mol. The van der Waals surface area contributed by atoms with Crippen LogP contribution in [-0.2, 0) is 36.7 Å². The number of benzene rings is 3. The standard InChI is InChI=1S/C35H34NS2.C15H28O2.Ir/c1-20(2)17-28-22(4)37-34-26(28)13-10-14-27(34)33-21(3)31-30(38-33)15-16-36-32(31)24-18-23-11-8-9-12-25(23)29(19-24)35(5,6)7;1-7-14(5,8-2)12(16)11-13(17)15(6,9-3)10-4;/h8-16,19-20H,17H2,1-7H3;11,16H,7-10H2,1-6H3;/q-1;;/b;12-11-;. The van der Waals surface area contributed by atoms with Gasteiger partial charge in [-0.05, 0) is 85.3 Å². The van der Waals surface area contributed by atoms with Crippen LogP contribution in [0.4, 0.5) is 0 Å². The summed E-state index contributed by atoms with van der Waals surface area (Å²) >= 11 is 3.85. The third-order valence-electron chi connectivity index (χ3n) is 12.2. The van der Waals surface area contributed by atoms with Crippen LogP contribution in [0.5, 0.6) is 0 Å². The molecule has 6 rings (SSSR count). The number of allylic oxidation sites excluding steroid dienone is 2. The van der Waals surface area contributed by atoms with E-state index in [1.807, 2.05) is 70.4 Å². The van der Waals surface area contributed by atoms with Crippen molar-refractivity contribution in [3.05, 3.63) is 100 Å². The molecule has 0 aliphatic carbocycles. The zero-order valence-electron chi connectivity index (χ0n) is 35.9. The molecule has 0 unspecified atom stereocenters. The van der Waals surface area contributed by atoms with Gasteiger partial charge in [0.15, 0.2) is 5.78 Å². The average Bonchev–Trinajstić information content (AvgIpc) is 3.68. The number of aromatic nitrogens is 1. The number of aryl methyl sites for hydroxylation is 2.